The second-order valence-corrected chi connectivity index (χ2v) is 8.98. The molecule has 1 aromatic heterocycles. The van der Waals surface area contributed by atoms with Crippen LogP contribution in [0.4, 0.5) is 4.79 Å². The van der Waals surface area contributed by atoms with Crippen LogP contribution in [-0.4, -0.2) is 46.9 Å². The first-order valence-electron chi connectivity index (χ1n) is 10.9. The second kappa shape index (κ2) is 11.3. The molecule has 2 aromatic rings. The number of hydrogen-bond acceptors (Lipinski definition) is 5. The van der Waals surface area contributed by atoms with E-state index in [9.17, 15) is 14.4 Å². The highest BCUT2D eigenvalue weighted by Gasteiger charge is 2.29. The summed E-state index contributed by atoms with van der Waals surface area (Å²) in [7, 11) is 0. The van der Waals surface area contributed by atoms with E-state index in [0.29, 0.717) is 19.4 Å². The summed E-state index contributed by atoms with van der Waals surface area (Å²) in [4.78, 5) is 44.6. The second-order valence-electron chi connectivity index (χ2n) is 8.98. The van der Waals surface area contributed by atoms with Crippen LogP contribution in [0.5, 0.6) is 0 Å². The maximum Gasteiger partial charge on any atom is 0.408 e. The molecule has 2 unspecified atom stereocenters. The van der Waals surface area contributed by atoms with Crippen LogP contribution in [0.2, 0.25) is 0 Å². The number of para-hydroxylation sites is 1. The van der Waals surface area contributed by atoms with Crippen molar-refractivity contribution in [2.24, 2.45) is 28.1 Å². The Labute approximate surface area is 193 Å². The van der Waals surface area contributed by atoms with Crippen LogP contribution in [0.3, 0.4) is 0 Å². The number of amides is 2. The summed E-state index contributed by atoms with van der Waals surface area (Å²) in [6.07, 6.45) is 2.07. The Balaban J connectivity index is 2.17. The first kappa shape index (κ1) is 25.7. The Morgan fingerprint density at radius 1 is 1.15 bits per heavy atom. The van der Waals surface area contributed by atoms with Crippen LogP contribution >= 0.6 is 0 Å². The number of alkyl carbamates (subject to hydrolysis) is 1. The molecule has 2 atom stereocenters. The molecule has 10 heteroatoms. The molecule has 8 N–H and O–H groups in total. The van der Waals surface area contributed by atoms with E-state index >= 15 is 0 Å². The van der Waals surface area contributed by atoms with Crippen LogP contribution in [-0.2, 0) is 20.7 Å². The van der Waals surface area contributed by atoms with Crippen LogP contribution in [0, 0.1) is 5.92 Å². The third-order valence-corrected chi connectivity index (χ3v) is 5.03. The van der Waals surface area contributed by atoms with Gasteiger partial charge in [0.2, 0.25) is 5.91 Å². The maximum absolute atomic E-state index is 13.2. The summed E-state index contributed by atoms with van der Waals surface area (Å²) < 4.78 is 5.34. The van der Waals surface area contributed by atoms with Gasteiger partial charge in [0, 0.05) is 42.4 Å². The zero-order valence-corrected chi connectivity index (χ0v) is 19.4. The molecule has 1 aromatic carbocycles. The van der Waals surface area contributed by atoms with Gasteiger partial charge in [-0.05, 0) is 45.2 Å². The van der Waals surface area contributed by atoms with Gasteiger partial charge in [0.05, 0.1) is 6.04 Å². The van der Waals surface area contributed by atoms with Gasteiger partial charge in [0.15, 0.2) is 11.7 Å². The molecule has 0 aliphatic carbocycles. The first-order valence-corrected chi connectivity index (χ1v) is 10.9. The van der Waals surface area contributed by atoms with Crippen molar-refractivity contribution < 1.29 is 19.1 Å². The number of nitrogens with two attached hydrogens (primary N) is 3. The molecule has 10 nitrogen and oxygen atoms in total. The molecule has 180 valence electrons. The number of hydrogen-bond donors (Lipinski definition) is 5. The lowest BCUT2D eigenvalue weighted by molar-refractivity contribution is -0.128. The number of rotatable bonds is 11. The standard InChI is InChI=1S/C23H34N6O4/c1-23(2,3)33-22(32)29-18(11-15-13-28-17-9-5-4-8-16(15)17)19(30)12-14(20(24)31)7-6-10-27-21(25)26/h4-5,8-9,13-14,18,28H,6-7,10-12H2,1-3H3,(H2,24,31)(H,29,32)(H4,25,26,27). The Morgan fingerprint density at radius 2 is 1.85 bits per heavy atom. The molecular weight excluding hydrogens is 424 g/mol. The van der Waals surface area contributed by atoms with Crippen molar-refractivity contribution in [2.45, 2.75) is 58.1 Å². The quantitative estimate of drug-likeness (QED) is 0.194. The third-order valence-electron chi connectivity index (χ3n) is 5.03. The van der Waals surface area contributed by atoms with Gasteiger partial charge >= 0.3 is 6.09 Å². The van der Waals surface area contributed by atoms with E-state index in [1.165, 1.54) is 0 Å². The van der Waals surface area contributed by atoms with Gasteiger partial charge in [-0.25, -0.2) is 4.79 Å². The zero-order chi connectivity index (χ0) is 24.6. The molecule has 1 heterocycles. The van der Waals surface area contributed by atoms with E-state index in [1.807, 2.05) is 30.5 Å². The van der Waals surface area contributed by atoms with Gasteiger partial charge in [-0.3, -0.25) is 14.6 Å². The van der Waals surface area contributed by atoms with E-state index in [0.717, 1.165) is 16.5 Å². The summed E-state index contributed by atoms with van der Waals surface area (Å²) in [6.45, 7) is 5.55. The number of H-pyrrole nitrogens is 1. The van der Waals surface area contributed by atoms with Gasteiger partial charge in [-0.15, -0.1) is 0 Å². The first-order chi connectivity index (χ1) is 15.5. The number of aliphatic imine (C=N–C) groups is 1. The minimum atomic E-state index is -0.890. The fourth-order valence-corrected chi connectivity index (χ4v) is 3.49. The van der Waals surface area contributed by atoms with Crippen molar-refractivity contribution in [3.63, 3.8) is 0 Å². The summed E-state index contributed by atoms with van der Waals surface area (Å²) in [6, 6.07) is 6.78. The number of Topliss-reactive ketones (excluding diaryl/α,β-unsaturated/α-hetero) is 1. The number of aromatic amines is 1. The monoisotopic (exact) mass is 458 g/mol. The van der Waals surface area contributed by atoms with Gasteiger partial charge in [-0.2, -0.15) is 0 Å². The van der Waals surface area contributed by atoms with E-state index in [4.69, 9.17) is 21.9 Å². The average molecular weight is 459 g/mol. The zero-order valence-electron chi connectivity index (χ0n) is 19.4. The van der Waals surface area contributed by atoms with E-state index < -0.39 is 29.6 Å². The SMILES string of the molecule is CC(C)(C)OC(=O)NC(Cc1c[nH]c2ccccc12)C(=O)CC(CCCN=C(N)N)C(N)=O. The molecule has 0 aliphatic rings. The molecule has 33 heavy (non-hydrogen) atoms. The number of nitrogens with zero attached hydrogens (tertiary/aromatic N) is 1. The molecular formula is C23H34N6O4. The molecule has 0 spiro atoms. The molecule has 0 aliphatic heterocycles. The molecule has 0 radical (unpaired) electrons. The van der Waals surface area contributed by atoms with Crippen molar-refractivity contribution in [3.05, 3.63) is 36.0 Å². The Morgan fingerprint density at radius 3 is 2.48 bits per heavy atom. The molecule has 0 bridgehead atoms. The van der Waals surface area contributed by atoms with E-state index in [-0.39, 0.29) is 24.6 Å². The molecule has 2 amide bonds. The smallest absolute Gasteiger partial charge is 0.408 e. The van der Waals surface area contributed by atoms with Crippen molar-refractivity contribution >= 4 is 34.6 Å². The van der Waals surface area contributed by atoms with E-state index in [2.05, 4.69) is 15.3 Å². The summed E-state index contributed by atoms with van der Waals surface area (Å²) >= 11 is 0. The lowest BCUT2D eigenvalue weighted by Gasteiger charge is -2.24. The van der Waals surface area contributed by atoms with Crippen molar-refractivity contribution in [1.82, 2.24) is 10.3 Å². The number of nitrogens with one attached hydrogen (secondary N) is 2. The predicted octanol–water partition coefficient (Wildman–Crippen LogP) is 1.72. The highest BCUT2D eigenvalue weighted by Crippen LogP contribution is 2.21. The number of aromatic nitrogens is 1. The lowest BCUT2D eigenvalue weighted by atomic mass is 9.91. The van der Waals surface area contributed by atoms with Crippen LogP contribution in [0.1, 0.15) is 45.6 Å². The number of primary amides is 1. The Bertz CT molecular complexity index is 1000. The fourth-order valence-electron chi connectivity index (χ4n) is 3.49. The minimum absolute atomic E-state index is 0.0398. The number of carbonyl (C=O) groups excluding carboxylic acids is 3. The maximum atomic E-state index is 13.2. The van der Waals surface area contributed by atoms with Crippen molar-refractivity contribution in [3.8, 4) is 0 Å². The largest absolute Gasteiger partial charge is 0.444 e. The third kappa shape index (κ3) is 8.47. The average Bonchev–Trinajstić information content (AvgIpc) is 3.10. The van der Waals surface area contributed by atoms with Crippen molar-refractivity contribution in [1.29, 1.82) is 0 Å². The van der Waals surface area contributed by atoms with E-state index in [1.54, 1.807) is 20.8 Å². The van der Waals surface area contributed by atoms with Gasteiger partial charge < -0.3 is 32.2 Å². The van der Waals surface area contributed by atoms with Crippen LogP contribution in [0.25, 0.3) is 10.9 Å². The predicted molar refractivity (Wildman–Crippen MR) is 127 cm³/mol. The lowest BCUT2D eigenvalue weighted by Crippen LogP contribution is -2.45. The number of guanidine groups is 1. The molecule has 0 fully saturated rings. The number of carbonyl (C=O) groups is 3. The number of ketones is 1. The fraction of sp³-hybridized carbons (Fsp3) is 0.478. The Hall–Kier alpha value is -3.56. The number of fused-ring (bicyclic) bond motifs is 1. The Kier molecular flexibility index (Phi) is 8.84. The molecule has 2 rings (SSSR count). The van der Waals surface area contributed by atoms with Crippen LogP contribution < -0.4 is 22.5 Å². The van der Waals surface area contributed by atoms with Gasteiger partial charge in [-0.1, -0.05) is 18.2 Å². The number of ether oxygens (including phenoxy) is 1. The minimum Gasteiger partial charge on any atom is -0.444 e. The van der Waals surface area contributed by atoms with Gasteiger partial charge in [0.25, 0.3) is 0 Å². The number of benzene rings is 1. The highest BCUT2D eigenvalue weighted by atomic mass is 16.6. The topological polar surface area (TPSA) is 179 Å². The van der Waals surface area contributed by atoms with Crippen LogP contribution in [0.15, 0.2) is 35.5 Å². The molecule has 0 saturated carbocycles. The van der Waals surface area contributed by atoms with Crippen molar-refractivity contribution in [2.75, 3.05) is 6.54 Å². The highest BCUT2D eigenvalue weighted by molar-refractivity contribution is 5.92. The summed E-state index contributed by atoms with van der Waals surface area (Å²) in [5, 5.41) is 3.62. The summed E-state index contributed by atoms with van der Waals surface area (Å²) in [5.74, 6) is -1.63. The molecule has 0 saturated heterocycles. The normalized spacial score (nSPS) is 13.2. The summed E-state index contributed by atoms with van der Waals surface area (Å²) in [5.41, 5.74) is 17.2. The van der Waals surface area contributed by atoms with Gasteiger partial charge in [0.1, 0.15) is 5.60 Å².